The van der Waals surface area contributed by atoms with Gasteiger partial charge in [-0.1, -0.05) is 0 Å². The van der Waals surface area contributed by atoms with Gasteiger partial charge in [-0.2, -0.15) is 0 Å². The second-order valence-corrected chi connectivity index (χ2v) is 6.43. The van der Waals surface area contributed by atoms with Crippen LogP contribution < -0.4 is 0 Å². The summed E-state index contributed by atoms with van der Waals surface area (Å²) in [4.78, 5) is 11.1. The van der Waals surface area contributed by atoms with Crippen molar-refractivity contribution in [3.05, 3.63) is 23.8 Å². The molecule has 2 heterocycles. The lowest BCUT2D eigenvalue weighted by atomic mass is 9.58. The highest BCUT2D eigenvalue weighted by atomic mass is 16.5. The molecule has 2 fully saturated rings. The monoisotopic (exact) mass is 307 g/mol. The highest BCUT2D eigenvalue weighted by molar-refractivity contribution is 5.10. The third-order valence-electron chi connectivity index (χ3n) is 5.30. The average Bonchev–Trinajstić information content (AvgIpc) is 2.54. The number of aliphatic hydroxyl groups excluding tert-OH is 2. The van der Waals surface area contributed by atoms with Crippen molar-refractivity contribution >= 4 is 0 Å². The van der Waals surface area contributed by atoms with Crippen LogP contribution in [0.1, 0.15) is 30.7 Å². The summed E-state index contributed by atoms with van der Waals surface area (Å²) in [5.74, 6) is 0. The van der Waals surface area contributed by atoms with Crippen LogP contribution in [-0.4, -0.2) is 63.6 Å². The smallest absolute Gasteiger partial charge is 0.0755 e. The zero-order chi connectivity index (χ0) is 15.6. The molecule has 1 aliphatic heterocycles. The number of aryl methyl sites for hydroxylation is 1. The Hall–Kier alpha value is -1.08. The normalized spacial score (nSPS) is 27.8. The Morgan fingerprint density at radius 3 is 2.68 bits per heavy atom. The van der Waals surface area contributed by atoms with Crippen LogP contribution in [0.5, 0.6) is 0 Å². The molecule has 0 bridgehead atoms. The Balaban J connectivity index is 1.57. The molecule has 0 unspecified atom stereocenters. The minimum Gasteiger partial charge on any atom is -0.394 e. The van der Waals surface area contributed by atoms with Gasteiger partial charge in [0.25, 0.3) is 0 Å². The molecule has 0 radical (unpaired) electrons. The third kappa shape index (κ3) is 2.88. The van der Waals surface area contributed by atoms with Gasteiger partial charge < -0.3 is 14.9 Å². The van der Waals surface area contributed by atoms with Gasteiger partial charge >= 0.3 is 0 Å². The minimum absolute atomic E-state index is 0.0424. The first-order chi connectivity index (χ1) is 10.7. The molecule has 6 heteroatoms. The molecular weight excluding hydrogens is 282 g/mol. The molecule has 0 aromatic carbocycles. The van der Waals surface area contributed by atoms with Crippen molar-refractivity contribution in [2.45, 2.75) is 44.9 Å². The molecular formula is C16H25N3O3. The molecule has 2 N–H and O–H groups in total. The van der Waals surface area contributed by atoms with Gasteiger partial charge in [0.2, 0.25) is 0 Å². The van der Waals surface area contributed by atoms with Gasteiger partial charge in [-0.15, -0.1) is 0 Å². The van der Waals surface area contributed by atoms with E-state index in [1.54, 1.807) is 12.4 Å². The lowest BCUT2D eigenvalue weighted by Crippen LogP contribution is -2.62. The van der Waals surface area contributed by atoms with E-state index in [0.29, 0.717) is 13.0 Å². The standard InChI is InChI=1S/C16H25N3O3/c1-12-13(18-5-4-17-12)11-19-6-2-16(3-7-19)14(21)10-15(16)22-9-8-20/h4-5,14-15,20-21H,2-3,6-11H2,1H3/t14-,15+/m1/s1. The molecule has 1 aromatic heterocycles. The highest BCUT2D eigenvalue weighted by Gasteiger charge is 2.56. The number of ether oxygens (including phenoxy) is 1. The quantitative estimate of drug-likeness (QED) is 0.825. The van der Waals surface area contributed by atoms with Crippen LogP contribution in [0.15, 0.2) is 12.4 Å². The van der Waals surface area contributed by atoms with Crippen LogP contribution in [0.2, 0.25) is 0 Å². The van der Waals surface area contributed by atoms with E-state index >= 15 is 0 Å². The number of rotatable bonds is 5. The number of aromatic nitrogens is 2. The molecule has 3 rings (SSSR count). The van der Waals surface area contributed by atoms with Crippen molar-refractivity contribution in [1.82, 2.24) is 14.9 Å². The fourth-order valence-electron chi connectivity index (χ4n) is 3.74. The highest BCUT2D eigenvalue weighted by Crippen LogP contribution is 2.51. The third-order valence-corrected chi connectivity index (χ3v) is 5.30. The van der Waals surface area contributed by atoms with E-state index in [4.69, 9.17) is 9.84 Å². The molecule has 22 heavy (non-hydrogen) atoms. The molecule has 1 aromatic rings. The molecule has 2 atom stereocenters. The summed E-state index contributed by atoms with van der Waals surface area (Å²) in [6, 6.07) is 0. The van der Waals surface area contributed by atoms with Gasteiger partial charge in [0.05, 0.1) is 36.8 Å². The van der Waals surface area contributed by atoms with E-state index in [1.165, 1.54) is 0 Å². The average molecular weight is 307 g/mol. The largest absolute Gasteiger partial charge is 0.394 e. The molecule has 0 amide bonds. The predicted octanol–water partition coefficient (Wildman–Crippen LogP) is 0.509. The lowest BCUT2D eigenvalue weighted by molar-refractivity contribution is -0.213. The summed E-state index contributed by atoms with van der Waals surface area (Å²) in [7, 11) is 0. The first-order valence-corrected chi connectivity index (χ1v) is 8.05. The number of hydrogen-bond acceptors (Lipinski definition) is 6. The van der Waals surface area contributed by atoms with E-state index in [1.807, 2.05) is 6.92 Å². The van der Waals surface area contributed by atoms with Crippen LogP contribution in [0, 0.1) is 12.3 Å². The van der Waals surface area contributed by atoms with Crippen molar-refractivity contribution < 1.29 is 14.9 Å². The second-order valence-electron chi connectivity index (χ2n) is 6.43. The summed E-state index contributed by atoms with van der Waals surface area (Å²) in [5, 5.41) is 19.1. The number of hydrogen-bond donors (Lipinski definition) is 2. The van der Waals surface area contributed by atoms with Crippen LogP contribution >= 0.6 is 0 Å². The molecule has 1 saturated carbocycles. The van der Waals surface area contributed by atoms with Gasteiger partial charge in [0.1, 0.15) is 0 Å². The summed E-state index contributed by atoms with van der Waals surface area (Å²) in [6.45, 7) is 5.08. The number of piperidine rings is 1. The molecule has 1 saturated heterocycles. The Morgan fingerprint density at radius 1 is 1.32 bits per heavy atom. The fourth-order valence-corrected chi connectivity index (χ4v) is 3.74. The maximum atomic E-state index is 10.2. The van der Waals surface area contributed by atoms with Gasteiger partial charge in [-0.3, -0.25) is 14.9 Å². The van der Waals surface area contributed by atoms with Crippen molar-refractivity contribution in [2.75, 3.05) is 26.3 Å². The number of aliphatic hydroxyl groups is 2. The Morgan fingerprint density at radius 2 is 2.05 bits per heavy atom. The predicted molar refractivity (Wildman–Crippen MR) is 81.2 cm³/mol. The molecule has 1 aliphatic carbocycles. The van der Waals surface area contributed by atoms with Gasteiger partial charge in [0, 0.05) is 30.8 Å². The van der Waals surface area contributed by atoms with Crippen molar-refractivity contribution in [3.8, 4) is 0 Å². The van der Waals surface area contributed by atoms with E-state index in [9.17, 15) is 5.11 Å². The molecule has 2 aliphatic rings. The van der Waals surface area contributed by atoms with Gasteiger partial charge in [-0.25, -0.2) is 0 Å². The first kappa shape index (κ1) is 15.8. The molecule has 1 spiro atoms. The van der Waals surface area contributed by atoms with Crippen LogP contribution in [-0.2, 0) is 11.3 Å². The van der Waals surface area contributed by atoms with E-state index in [0.717, 1.165) is 43.9 Å². The minimum atomic E-state index is -0.267. The molecule has 122 valence electrons. The summed E-state index contributed by atoms with van der Waals surface area (Å²) >= 11 is 0. The zero-order valence-electron chi connectivity index (χ0n) is 13.1. The topological polar surface area (TPSA) is 78.7 Å². The van der Waals surface area contributed by atoms with Gasteiger partial charge in [0.15, 0.2) is 0 Å². The second kappa shape index (κ2) is 6.58. The van der Waals surface area contributed by atoms with E-state index in [2.05, 4.69) is 14.9 Å². The van der Waals surface area contributed by atoms with E-state index in [-0.39, 0.29) is 24.2 Å². The molecule has 6 nitrogen and oxygen atoms in total. The van der Waals surface area contributed by atoms with Crippen LogP contribution in [0.25, 0.3) is 0 Å². The van der Waals surface area contributed by atoms with Crippen molar-refractivity contribution in [3.63, 3.8) is 0 Å². The Kier molecular flexibility index (Phi) is 4.73. The van der Waals surface area contributed by atoms with Crippen LogP contribution in [0.4, 0.5) is 0 Å². The lowest BCUT2D eigenvalue weighted by Gasteiger charge is -2.56. The van der Waals surface area contributed by atoms with E-state index < -0.39 is 0 Å². The summed E-state index contributed by atoms with van der Waals surface area (Å²) in [6.07, 6.45) is 5.85. The van der Waals surface area contributed by atoms with Crippen LogP contribution in [0.3, 0.4) is 0 Å². The maximum absolute atomic E-state index is 10.2. The first-order valence-electron chi connectivity index (χ1n) is 8.05. The van der Waals surface area contributed by atoms with Gasteiger partial charge in [-0.05, 0) is 32.9 Å². The number of likely N-dealkylation sites (tertiary alicyclic amines) is 1. The SMILES string of the molecule is Cc1nccnc1CN1CCC2(CC1)[C@H](O)C[C@@H]2OCCO. The number of nitrogens with zero attached hydrogens (tertiary/aromatic N) is 3. The van der Waals surface area contributed by atoms with Crippen molar-refractivity contribution in [1.29, 1.82) is 0 Å². The Labute approximate surface area is 131 Å². The summed E-state index contributed by atoms with van der Waals surface area (Å²) < 4.78 is 5.71. The zero-order valence-corrected chi connectivity index (χ0v) is 13.1. The fraction of sp³-hybridized carbons (Fsp3) is 0.750. The maximum Gasteiger partial charge on any atom is 0.0755 e. The van der Waals surface area contributed by atoms with Crippen molar-refractivity contribution in [2.24, 2.45) is 5.41 Å². The summed E-state index contributed by atoms with van der Waals surface area (Å²) in [5.41, 5.74) is 1.90. The Bertz CT molecular complexity index is 503.